The molecule has 0 aliphatic rings. The number of nitrogens with zero attached hydrogens (tertiary/aromatic N) is 1. The summed E-state index contributed by atoms with van der Waals surface area (Å²) >= 11 is 0. The maximum Gasteiger partial charge on any atom is 0.306 e. The molecule has 0 aromatic heterocycles. The molecule has 10 heteroatoms. The molecule has 0 aliphatic carbocycles. The number of hydrogen-bond donors (Lipinski definition) is 0. The molecule has 88 heavy (non-hydrogen) atoms. The van der Waals surface area contributed by atoms with E-state index in [-0.39, 0.29) is 32.0 Å². The Labute approximate surface area is 542 Å². The first-order valence-corrected chi connectivity index (χ1v) is 37.4. The number of likely N-dealkylation sites (N-methyl/N-ethyl adjacent to an activating group) is 1. The van der Waals surface area contributed by atoms with Crippen molar-refractivity contribution in [1.82, 2.24) is 0 Å². The van der Waals surface area contributed by atoms with Gasteiger partial charge in [0.15, 0.2) is 6.10 Å². The van der Waals surface area contributed by atoms with Gasteiger partial charge in [0, 0.05) is 12.8 Å². The van der Waals surface area contributed by atoms with Gasteiger partial charge in [0.1, 0.15) is 19.8 Å². The molecule has 0 fully saturated rings. The van der Waals surface area contributed by atoms with Gasteiger partial charge in [0.25, 0.3) is 7.82 Å². The van der Waals surface area contributed by atoms with Crippen LogP contribution in [-0.4, -0.2) is 70.0 Å². The Bertz CT molecular complexity index is 1950. The van der Waals surface area contributed by atoms with Crippen LogP contribution < -0.4 is 4.89 Å². The fourth-order valence-electron chi connectivity index (χ4n) is 9.68. The highest BCUT2D eigenvalue weighted by Gasteiger charge is 2.22. The summed E-state index contributed by atoms with van der Waals surface area (Å²) in [5.74, 6) is -0.855. The van der Waals surface area contributed by atoms with E-state index in [1.807, 2.05) is 21.1 Å². The molecule has 0 aliphatic heterocycles. The van der Waals surface area contributed by atoms with Gasteiger partial charge in [-0.25, -0.2) is 0 Å². The van der Waals surface area contributed by atoms with Gasteiger partial charge < -0.3 is 27.9 Å². The largest absolute Gasteiger partial charge is 0.756 e. The molecule has 504 valence electrons. The zero-order valence-corrected chi connectivity index (χ0v) is 58.3. The van der Waals surface area contributed by atoms with E-state index in [1.165, 1.54) is 148 Å². The first kappa shape index (κ1) is 84.2. The molecule has 0 rings (SSSR count). The molecule has 0 N–H and O–H groups in total. The highest BCUT2D eigenvalue weighted by Crippen LogP contribution is 2.38. The Morgan fingerprint density at radius 3 is 0.966 bits per heavy atom. The third-order valence-electron chi connectivity index (χ3n) is 15.2. The molecule has 0 amide bonds. The van der Waals surface area contributed by atoms with Crippen molar-refractivity contribution in [2.24, 2.45) is 0 Å². The first-order valence-electron chi connectivity index (χ1n) is 35.9. The van der Waals surface area contributed by atoms with Crippen LogP contribution >= 0.6 is 7.82 Å². The summed E-state index contributed by atoms with van der Waals surface area (Å²) in [7, 11) is 1.14. The highest BCUT2D eigenvalue weighted by molar-refractivity contribution is 7.45. The van der Waals surface area contributed by atoms with Crippen LogP contribution in [0.4, 0.5) is 0 Å². The van der Waals surface area contributed by atoms with Gasteiger partial charge in [-0.3, -0.25) is 14.2 Å². The molecule has 2 unspecified atom stereocenters. The summed E-state index contributed by atoms with van der Waals surface area (Å²) < 4.78 is 34.3. The van der Waals surface area contributed by atoms with Crippen LogP contribution in [0, 0.1) is 0 Å². The molecule has 0 aromatic carbocycles. The number of allylic oxidation sites excluding steroid dienone is 22. The van der Waals surface area contributed by atoms with Crippen molar-refractivity contribution in [3.8, 4) is 0 Å². The van der Waals surface area contributed by atoms with Crippen LogP contribution in [0.1, 0.15) is 296 Å². The number of carbonyl (C=O) groups excluding carboxylic acids is 2. The van der Waals surface area contributed by atoms with E-state index in [0.29, 0.717) is 17.4 Å². The zero-order valence-electron chi connectivity index (χ0n) is 57.4. The fraction of sp³-hybridized carbons (Fsp3) is 0.692. The number of quaternary nitrogens is 1. The minimum absolute atomic E-state index is 0.0407. The van der Waals surface area contributed by atoms with Crippen molar-refractivity contribution in [2.45, 2.75) is 302 Å². The first-order chi connectivity index (χ1) is 43.0. The number of rotatable bonds is 65. The number of ether oxygens (including phenoxy) is 2. The average Bonchev–Trinajstić information content (AvgIpc) is 3.56. The predicted molar refractivity (Wildman–Crippen MR) is 378 cm³/mol. The second kappa shape index (κ2) is 67.5. The van der Waals surface area contributed by atoms with Crippen LogP contribution in [0.15, 0.2) is 134 Å². The van der Waals surface area contributed by atoms with Crippen molar-refractivity contribution >= 4 is 19.8 Å². The number of phosphoric acid groups is 1. The van der Waals surface area contributed by atoms with Crippen molar-refractivity contribution in [3.05, 3.63) is 134 Å². The lowest BCUT2D eigenvalue weighted by Crippen LogP contribution is -2.37. The van der Waals surface area contributed by atoms with Gasteiger partial charge in [-0.1, -0.05) is 302 Å². The van der Waals surface area contributed by atoms with E-state index >= 15 is 0 Å². The zero-order chi connectivity index (χ0) is 64.1. The second-order valence-electron chi connectivity index (χ2n) is 24.9. The molecular formula is C78H134NO8P. The number of carbonyl (C=O) groups is 2. The normalized spacial score (nSPS) is 13.9. The van der Waals surface area contributed by atoms with Crippen molar-refractivity contribution in [3.63, 3.8) is 0 Å². The monoisotopic (exact) mass is 1240 g/mol. The van der Waals surface area contributed by atoms with Gasteiger partial charge in [-0.2, -0.15) is 0 Å². The molecule has 0 saturated carbocycles. The molecule has 0 aromatic rings. The summed E-state index contributed by atoms with van der Waals surface area (Å²) in [5.41, 5.74) is 0. The standard InChI is InChI=1S/C78H134NO8P/c1-6-8-10-12-14-16-18-20-22-24-26-28-30-32-34-36-38-39-41-43-45-47-49-51-53-55-57-59-61-63-65-67-69-71-78(81)87-76(75-86-88(82,83)85-73-72-79(3,4)5)74-84-77(80)70-68-66-64-62-60-58-56-54-52-50-48-46-44-42-40-37-35-33-31-29-27-25-23-21-19-17-15-13-11-9-7-2/h8,10,14,16,19-22,25-28,32,34,38-39,43,45,49,51,55,57,76H,6-7,9,11-13,15,17-18,23-24,29-31,33,35-37,40-42,44,46-48,50,52-54,56,58-75H2,1-5H3/b10-8-,16-14-,21-19-,22-20-,27-25-,28-26-,34-32-,39-38-,45-43-,51-49-,57-55-. The maximum absolute atomic E-state index is 12.9. The van der Waals surface area contributed by atoms with Crippen molar-refractivity contribution in [2.75, 3.05) is 47.5 Å². The average molecular weight is 1240 g/mol. The van der Waals surface area contributed by atoms with E-state index in [0.717, 1.165) is 116 Å². The van der Waals surface area contributed by atoms with Crippen LogP contribution in [0.3, 0.4) is 0 Å². The summed E-state index contributed by atoms with van der Waals surface area (Å²) in [6.45, 7) is 4.11. The van der Waals surface area contributed by atoms with Gasteiger partial charge in [-0.05, 0) is 116 Å². The Balaban J connectivity index is 4.12. The van der Waals surface area contributed by atoms with Gasteiger partial charge >= 0.3 is 11.9 Å². The van der Waals surface area contributed by atoms with Crippen molar-refractivity contribution < 1.29 is 42.1 Å². The Hall–Kier alpha value is -3.85. The molecule has 0 spiro atoms. The fourth-order valence-corrected chi connectivity index (χ4v) is 10.4. The Morgan fingerprint density at radius 1 is 0.364 bits per heavy atom. The molecule has 0 bridgehead atoms. The highest BCUT2D eigenvalue weighted by atomic mass is 31.2. The van der Waals surface area contributed by atoms with E-state index in [9.17, 15) is 19.0 Å². The Morgan fingerprint density at radius 2 is 0.648 bits per heavy atom. The SMILES string of the molecule is CC/C=C\C/C=C\C/C=C\C/C=C\C/C=C\C/C=C\C/C=C\C/C=C\C/C=C\CCCCCCCC(=O)OC(COC(=O)CCCCCCCCCCCCCCCCCCCCC/C=C\C/C=C\CCCCCCC)COP(=O)([O-])OCC[N+](C)(C)C. The van der Waals surface area contributed by atoms with E-state index in [1.54, 1.807) is 0 Å². The molecular weight excluding hydrogens is 1110 g/mol. The lowest BCUT2D eigenvalue weighted by molar-refractivity contribution is -0.870. The molecule has 2 atom stereocenters. The van der Waals surface area contributed by atoms with Crippen LogP contribution in [0.2, 0.25) is 0 Å². The molecule has 0 radical (unpaired) electrons. The second-order valence-corrected chi connectivity index (χ2v) is 26.3. The minimum atomic E-state index is -4.66. The van der Waals surface area contributed by atoms with E-state index in [4.69, 9.17) is 18.5 Å². The van der Waals surface area contributed by atoms with Gasteiger partial charge in [-0.15, -0.1) is 0 Å². The number of phosphoric ester groups is 1. The number of unbranched alkanes of at least 4 members (excludes halogenated alkanes) is 29. The smallest absolute Gasteiger partial charge is 0.306 e. The van der Waals surface area contributed by atoms with E-state index < -0.39 is 26.5 Å². The maximum atomic E-state index is 12.9. The molecule has 0 saturated heterocycles. The number of esters is 2. The summed E-state index contributed by atoms with van der Waals surface area (Å²) in [5, 5.41) is 0. The third-order valence-corrected chi connectivity index (χ3v) is 16.1. The minimum Gasteiger partial charge on any atom is -0.756 e. The Kier molecular flexibility index (Phi) is 64.6. The van der Waals surface area contributed by atoms with E-state index in [2.05, 4.69) is 148 Å². The molecule has 0 heterocycles. The van der Waals surface area contributed by atoms with Crippen LogP contribution in [0.5, 0.6) is 0 Å². The van der Waals surface area contributed by atoms with Gasteiger partial charge in [0.2, 0.25) is 0 Å². The van der Waals surface area contributed by atoms with Crippen LogP contribution in [-0.2, 0) is 32.7 Å². The number of hydrogen-bond acceptors (Lipinski definition) is 8. The predicted octanol–water partition coefficient (Wildman–Crippen LogP) is 23.0. The van der Waals surface area contributed by atoms with Crippen LogP contribution in [0.25, 0.3) is 0 Å². The lowest BCUT2D eigenvalue weighted by Gasteiger charge is -2.28. The topological polar surface area (TPSA) is 111 Å². The van der Waals surface area contributed by atoms with Gasteiger partial charge in [0.05, 0.1) is 27.7 Å². The quantitative estimate of drug-likeness (QED) is 0.0195. The summed E-state index contributed by atoms with van der Waals surface area (Å²) in [6.07, 6.45) is 98.2. The third kappa shape index (κ3) is 71.2. The lowest BCUT2D eigenvalue weighted by atomic mass is 10.0. The summed E-state index contributed by atoms with van der Waals surface area (Å²) in [4.78, 5) is 38.1. The summed E-state index contributed by atoms with van der Waals surface area (Å²) in [6, 6.07) is 0. The molecule has 9 nitrogen and oxygen atoms in total. The van der Waals surface area contributed by atoms with Crippen molar-refractivity contribution in [1.29, 1.82) is 0 Å².